The third kappa shape index (κ3) is 3.59. The fraction of sp³-hybridized carbons (Fsp3) is 0.583. The number of hydrogen-bond acceptors (Lipinski definition) is 5. The quantitative estimate of drug-likeness (QED) is 0.798. The van der Waals surface area contributed by atoms with Gasteiger partial charge in [-0.3, -0.25) is 10.1 Å². The number of sulfonamides is 1. The summed E-state index contributed by atoms with van der Waals surface area (Å²) in [5, 5.41) is 7.70. The van der Waals surface area contributed by atoms with Gasteiger partial charge < -0.3 is 9.32 Å². The van der Waals surface area contributed by atoms with E-state index in [2.05, 4.69) is 5.32 Å². The minimum absolute atomic E-state index is 0.0562. The molecule has 2 heterocycles. The van der Waals surface area contributed by atoms with Crippen LogP contribution in [0.15, 0.2) is 21.6 Å². The summed E-state index contributed by atoms with van der Waals surface area (Å²) in [5.41, 5.74) is 0. The van der Waals surface area contributed by atoms with E-state index in [-0.39, 0.29) is 23.6 Å². The Morgan fingerprint density at radius 2 is 2.10 bits per heavy atom. The molecule has 2 rings (SSSR count). The van der Waals surface area contributed by atoms with Crippen molar-refractivity contribution in [1.82, 2.24) is 10.2 Å². The van der Waals surface area contributed by atoms with E-state index in [0.29, 0.717) is 5.76 Å². The van der Waals surface area contributed by atoms with E-state index in [0.717, 1.165) is 25.9 Å². The first kappa shape index (κ1) is 15.0. The van der Waals surface area contributed by atoms with Gasteiger partial charge in [0.2, 0.25) is 11.0 Å². The molecule has 0 bridgehead atoms. The van der Waals surface area contributed by atoms with Crippen LogP contribution in [0.1, 0.15) is 25.5 Å². The molecule has 1 amide bonds. The monoisotopic (exact) mass is 301 g/mol. The molecule has 7 nitrogen and oxygen atoms in total. The molecule has 8 heteroatoms. The van der Waals surface area contributed by atoms with Gasteiger partial charge in [-0.05, 0) is 31.9 Å². The molecule has 1 saturated heterocycles. The number of furan rings is 1. The Balaban J connectivity index is 1.88. The third-order valence-electron chi connectivity index (χ3n) is 3.29. The second kappa shape index (κ2) is 5.94. The summed E-state index contributed by atoms with van der Waals surface area (Å²) in [6.07, 6.45) is 2.10. The van der Waals surface area contributed by atoms with Crippen molar-refractivity contribution in [3.63, 3.8) is 0 Å². The Morgan fingerprint density at radius 3 is 2.65 bits per heavy atom. The minimum Gasteiger partial charge on any atom is -0.447 e. The van der Waals surface area contributed by atoms with Gasteiger partial charge in [0, 0.05) is 13.1 Å². The van der Waals surface area contributed by atoms with Gasteiger partial charge in [0.05, 0.1) is 12.6 Å². The Hall–Kier alpha value is -1.38. The van der Waals surface area contributed by atoms with Crippen molar-refractivity contribution < 1.29 is 17.6 Å². The van der Waals surface area contributed by atoms with Crippen molar-refractivity contribution in [2.45, 2.75) is 37.4 Å². The van der Waals surface area contributed by atoms with Crippen molar-refractivity contribution >= 4 is 15.9 Å². The van der Waals surface area contributed by atoms with Gasteiger partial charge in [0.1, 0.15) is 5.76 Å². The molecular formula is C12H19N3O4S. The molecule has 1 aliphatic heterocycles. The zero-order valence-corrected chi connectivity index (χ0v) is 12.1. The average molecular weight is 301 g/mol. The highest BCUT2D eigenvalue weighted by molar-refractivity contribution is 7.89. The van der Waals surface area contributed by atoms with Gasteiger partial charge in [0.15, 0.2) is 0 Å². The lowest BCUT2D eigenvalue weighted by Gasteiger charge is -2.20. The maximum absolute atomic E-state index is 12.0. The van der Waals surface area contributed by atoms with Gasteiger partial charge in [-0.2, -0.15) is 0 Å². The number of likely N-dealkylation sites (tertiary alicyclic amines) is 1. The molecule has 0 radical (unpaired) electrons. The van der Waals surface area contributed by atoms with Crippen LogP contribution in [0, 0.1) is 0 Å². The summed E-state index contributed by atoms with van der Waals surface area (Å²) in [4.78, 5) is 13.9. The van der Waals surface area contributed by atoms with E-state index in [1.807, 2.05) is 4.90 Å². The van der Waals surface area contributed by atoms with Crippen LogP contribution >= 0.6 is 0 Å². The molecule has 1 aromatic heterocycles. The van der Waals surface area contributed by atoms with Crippen LogP contribution in [0.3, 0.4) is 0 Å². The van der Waals surface area contributed by atoms with Crippen molar-refractivity contribution in [3.05, 3.63) is 17.9 Å². The Bertz CT molecular complexity index is 575. The summed E-state index contributed by atoms with van der Waals surface area (Å²) in [5.74, 6) is 0.482. The van der Waals surface area contributed by atoms with Crippen LogP contribution in [0.2, 0.25) is 0 Å². The van der Waals surface area contributed by atoms with Gasteiger partial charge in [-0.1, -0.05) is 0 Å². The van der Waals surface area contributed by atoms with Gasteiger partial charge in [0.25, 0.3) is 10.0 Å². The highest BCUT2D eigenvalue weighted by atomic mass is 32.2. The van der Waals surface area contributed by atoms with Crippen LogP contribution in [-0.2, 0) is 21.4 Å². The predicted molar refractivity (Wildman–Crippen MR) is 72.2 cm³/mol. The van der Waals surface area contributed by atoms with Crippen molar-refractivity contribution in [2.75, 3.05) is 13.1 Å². The molecule has 1 aliphatic rings. The van der Waals surface area contributed by atoms with E-state index in [4.69, 9.17) is 9.56 Å². The average Bonchev–Trinajstić information content (AvgIpc) is 3.04. The van der Waals surface area contributed by atoms with E-state index >= 15 is 0 Å². The van der Waals surface area contributed by atoms with Gasteiger partial charge >= 0.3 is 0 Å². The molecule has 0 aromatic carbocycles. The Morgan fingerprint density at radius 1 is 1.45 bits per heavy atom. The number of carbonyl (C=O) groups is 1. The molecule has 3 N–H and O–H groups in total. The van der Waals surface area contributed by atoms with Crippen molar-refractivity contribution in [3.8, 4) is 0 Å². The summed E-state index contributed by atoms with van der Waals surface area (Å²) in [6, 6.07) is 2.50. The van der Waals surface area contributed by atoms with E-state index in [1.54, 1.807) is 6.92 Å². The number of nitrogens with one attached hydrogen (secondary N) is 1. The van der Waals surface area contributed by atoms with E-state index in [9.17, 15) is 13.2 Å². The summed E-state index contributed by atoms with van der Waals surface area (Å²) in [7, 11) is -3.82. The second-order valence-electron chi connectivity index (χ2n) is 4.90. The number of nitrogens with zero attached hydrogens (tertiary/aromatic N) is 1. The number of carbonyl (C=O) groups excluding carboxylic acids is 1. The molecule has 0 aliphatic carbocycles. The Labute approximate surface area is 118 Å². The topological polar surface area (TPSA) is 106 Å². The normalized spacial score (nSPS) is 17.4. The molecule has 112 valence electrons. The lowest BCUT2D eigenvalue weighted by molar-refractivity contribution is -0.132. The molecule has 1 unspecified atom stereocenters. The van der Waals surface area contributed by atoms with Crippen LogP contribution in [-0.4, -0.2) is 38.4 Å². The van der Waals surface area contributed by atoms with E-state index < -0.39 is 10.0 Å². The van der Waals surface area contributed by atoms with Crippen LogP contribution in [0.5, 0.6) is 0 Å². The molecule has 1 aromatic rings. The largest absolute Gasteiger partial charge is 0.447 e. The lowest BCUT2D eigenvalue weighted by atomic mass is 10.3. The first-order valence-electron chi connectivity index (χ1n) is 6.51. The van der Waals surface area contributed by atoms with Gasteiger partial charge in [-0.25, -0.2) is 13.6 Å². The number of hydrogen-bond donors (Lipinski definition) is 2. The predicted octanol–water partition coefficient (Wildman–Crippen LogP) is 0.0275. The molecule has 0 spiro atoms. The maximum atomic E-state index is 12.0. The summed E-state index contributed by atoms with van der Waals surface area (Å²) in [6.45, 7) is 3.67. The molecule has 1 fully saturated rings. The third-order valence-corrected chi connectivity index (χ3v) is 4.07. The fourth-order valence-corrected chi connectivity index (χ4v) is 2.64. The van der Waals surface area contributed by atoms with Crippen molar-refractivity contribution in [1.29, 1.82) is 0 Å². The van der Waals surface area contributed by atoms with Crippen LogP contribution in [0.25, 0.3) is 0 Å². The SMILES string of the molecule is CC(NCc1ccc(S(N)(=O)=O)o1)C(=O)N1CCCC1. The van der Waals surface area contributed by atoms with Crippen LogP contribution < -0.4 is 10.5 Å². The standard InChI is InChI=1S/C12H19N3O4S/c1-9(12(16)15-6-2-3-7-15)14-8-10-4-5-11(19-10)20(13,17)18/h4-5,9,14H,2-3,6-8H2,1H3,(H2,13,17,18). The number of nitrogens with two attached hydrogens (primary N) is 1. The smallest absolute Gasteiger partial charge is 0.271 e. The lowest BCUT2D eigenvalue weighted by Crippen LogP contribution is -2.43. The zero-order valence-electron chi connectivity index (χ0n) is 11.3. The first-order chi connectivity index (χ1) is 9.38. The van der Waals surface area contributed by atoms with Crippen LogP contribution in [0.4, 0.5) is 0 Å². The maximum Gasteiger partial charge on any atom is 0.271 e. The summed E-state index contributed by atoms with van der Waals surface area (Å²) < 4.78 is 27.2. The highest BCUT2D eigenvalue weighted by Crippen LogP contribution is 2.13. The molecule has 20 heavy (non-hydrogen) atoms. The number of rotatable bonds is 5. The summed E-state index contributed by atoms with van der Waals surface area (Å²) >= 11 is 0. The number of amides is 1. The molecule has 0 saturated carbocycles. The van der Waals surface area contributed by atoms with E-state index in [1.165, 1.54) is 12.1 Å². The zero-order chi connectivity index (χ0) is 14.8. The molecule has 1 atom stereocenters. The molecular weight excluding hydrogens is 282 g/mol. The Kier molecular flexibility index (Phi) is 4.46. The first-order valence-corrected chi connectivity index (χ1v) is 8.06. The van der Waals surface area contributed by atoms with Crippen molar-refractivity contribution in [2.24, 2.45) is 5.14 Å². The fourth-order valence-electron chi connectivity index (χ4n) is 2.16. The second-order valence-corrected chi connectivity index (χ2v) is 6.39. The minimum atomic E-state index is -3.82. The van der Waals surface area contributed by atoms with Gasteiger partial charge in [-0.15, -0.1) is 0 Å². The number of primary sulfonamides is 1. The highest BCUT2D eigenvalue weighted by Gasteiger charge is 2.23.